The predicted molar refractivity (Wildman–Crippen MR) is 89.2 cm³/mol. The van der Waals surface area contributed by atoms with Crippen molar-refractivity contribution < 1.29 is 14.2 Å². The molecule has 0 aliphatic rings. The number of phenolic OH excluding ortho intramolecular Hbond substituents is 1. The first-order valence-corrected chi connectivity index (χ1v) is 7.71. The molecule has 0 aliphatic carbocycles. The Morgan fingerprint density at radius 2 is 1.96 bits per heavy atom. The van der Waals surface area contributed by atoms with Crippen LogP contribution < -0.4 is 10.5 Å². The summed E-state index contributed by atoms with van der Waals surface area (Å²) in [6.07, 6.45) is 1.74. The lowest BCUT2D eigenvalue weighted by molar-refractivity contribution is 0.268. The van der Waals surface area contributed by atoms with Gasteiger partial charge in [-0.05, 0) is 44.4 Å². The van der Waals surface area contributed by atoms with Crippen molar-refractivity contribution in [2.45, 2.75) is 46.1 Å². The van der Waals surface area contributed by atoms with E-state index in [0.717, 1.165) is 12.8 Å². The molecule has 1 heterocycles. The summed E-state index contributed by atoms with van der Waals surface area (Å²) in [7, 11) is 1.31. The van der Waals surface area contributed by atoms with Gasteiger partial charge in [0.25, 0.3) is 0 Å². The van der Waals surface area contributed by atoms with E-state index in [0.29, 0.717) is 22.6 Å². The number of nitrogens with zero attached hydrogens (tertiary/aromatic N) is 2. The maximum Gasteiger partial charge on any atom is 0.196 e. The summed E-state index contributed by atoms with van der Waals surface area (Å²) in [5, 5.41) is 14.5. The Morgan fingerprint density at radius 1 is 1.35 bits per heavy atom. The van der Waals surface area contributed by atoms with Crippen molar-refractivity contribution in [2.24, 2.45) is 0 Å². The smallest absolute Gasteiger partial charge is 0.196 e. The fourth-order valence-corrected chi connectivity index (χ4v) is 2.79. The van der Waals surface area contributed by atoms with Gasteiger partial charge < -0.3 is 15.6 Å². The van der Waals surface area contributed by atoms with E-state index in [9.17, 15) is 9.50 Å². The highest BCUT2D eigenvalue weighted by atomic mass is 19.1. The highest BCUT2D eigenvalue weighted by molar-refractivity contribution is 5.78. The molecule has 2 aromatic rings. The molecule has 0 amide bonds. The molecule has 1 aromatic heterocycles. The Bertz CT molecular complexity index is 698. The molecule has 3 N–H and O–H groups in total. The van der Waals surface area contributed by atoms with Gasteiger partial charge in [0, 0.05) is 5.56 Å². The molecule has 0 radical (unpaired) electrons. The standard InChI is InChI=1S/C17H24FN3O2/c1-6-17(4,7-2)21-16(19)14(10(3)20-21)11-8-12(18)15(23-5)13(22)9-11/h8-9,22H,6-7,19H2,1-5H3. The number of hydrogen-bond donors (Lipinski definition) is 2. The van der Waals surface area contributed by atoms with Crippen molar-refractivity contribution in [3.8, 4) is 22.6 Å². The minimum absolute atomic E-state index is 0.177. The summed E-state index contributed by atoms with van der Waals surface area (Å²) in [6, 6.07) is 2.75. The van der Waals surface area contributed by atoms with E-state index < -0.39 is 5.82 Å². The predicted octanol–water partition coefficient (Wildman–Crippen LogP) is 3.83. The van der Waals surface area contributed by atoms with Crippen LogP contribution in [0.1, 0.15) is 39.3 Å². The topological polar surface area (TPSA) is 73.3 Å². The van der Waals surface area contributed by atoms with Crippen LogP contribution in [0.25, 0.3) is 11.1 Å². The average Bonchev–Trinajstić information content (AvgIpc) is 2.81. The van der Waals surface area contributed by atoms with Crippen LogP contribution in [0.4, 0.5) is 10.2 Å². The zero-order chi connectivity index (χ0) is 17.4. The first kappa shape index (κ1) is 17.1. The van der Waals surface area contributed by atoms with Crippen LogP contribution in [0.5, 0.6) is 11.5 Å². The molecule has 0 spiro atoms. The fourth-order valence-electron chi connectivity index (χ4n) is 2.79. The molecule has 0 fully saturated rings. The summed E-state index contributed by atoms with van der Waals surface area (Å²) in [5.74, 6) is -0.604. The third-order valence-corrected chi connectivity index (χ3v) is 4.65. The Labute approximate surface area is 135 Å². The summed E-state index contributed by atoms with van der Waals surface area (Å²) in [4.78, 5) is 0. The summed E-state index contributed by atoms with van der Waals surface area (Å²) < 4.78 is 20.7. The first-order chi connectivity index (χ1) is 10.8. The number of benzene rings is 1. The zero-order valence-electron chi connectivity index (χ0n) is 14.3. The Morgan fingerprint density at radius 3 is 2.43 bits per heavy atom. The molecule has 23 heavy (non-hydrogen) atoms. The van der Waals surface area contributed by atoms with Crippen molar-refractivity contribution in [2.75, 3.05) is 12.8 Å². The van der Waals surface area contributed by atoms with Crippen LogP contribution >= 0.6 is 0 Å². The molecule has 5 nitrogen and oxygen atoms in total. The normalized spacial score (nSPS) is 11.7. The minimum atomic E-state index is -0.636. The van der Waals surface area contributed by atoms with E-state index in [-0.39, 0.29) is 17.0 Å². The number of aromatic hydroxyl groups is 1. The van der Waals surface area contributed by atoms with Gasteiger partial charge in [-0.1, -0.05) is 13.8 Å². The molecule has 126 valence electrons. The van der Waals surface area contributed by atoms with Gasteiger partial charge in [0.05, 0.1) is 18.3 Å². The van der Waals surface area contributed by atoms with Crippen molar-refractivity contribution in [1.29, 1.82) is 0 Å². The Hall–Kier alpha value is -2.24. The van der Waals surface area contributed by atoms with Gasteiger partial charge in [-0.3, -0.25) is 0 Å². The lowest BCUT2D eigenvalue weighted by Gasteiger charge is -2.28. The van der Waals surface area contributed by atoms with Gasteiger partial charge in [0.1, 0.15) is 5.82 Å². The molecule has 0 saturated heterocycles. The average molecular weight is 321 g/mol. The molecule has 0 aliphatic heterocycles. The number of nitrogen functional groups attached to an aromatic ring is 1. The first-order valence-electron chi connectivity index (χ1n) is 7.71. The van der Waals surface area contributed by atoms with Crippen molar-refractivity contribution in [3.63, 3.8) is 0 Å². The number of aryl methyl sites for hydroxylation is 1. The molecule has 0 atom stereocenters. The van der Waals surface area contributed by atoms with Gasteiger partial charge >= 0.3 is 0 Å². The van der Waals surface area contributed by atoms with E-state index in [1.165, 1.54) is 19.2 Å². The molecule has 6 heteroatoms. The number of nitrogens with two attached hydrogens (primary N) is 1. The largest absolute Gasteiger partial charge is 0.504 e. The van der Waals surface area contributed by atoms with Gasteiger partial charge in [0.15, 0.2) is 17.3 Å². The molecular formula is C17H24FN3O2. The Kier molecular flexibility index (Phi) is 4.54. The molecule has 2 rings (SSSR count). The van der Waals surface area contributed by atoms with Gasteiger partial charge in [-0.25, -0.2) is 9.07 Å². The minimum Gasteiger partial charge on any atom is -0.504 e. The van der Waals surface area contributed by atoms with Gasteiger partial charge in [0.2, 0.25) is 0 Å². The van der Waals surface area contributed by atoms with Crippen LogP contribution in [0.3, 0.4) is 0 Å². The summed E-state index contributed by atoms with van der Waals surface area (Å²) in [6.45, 7) is 8.08. The summed E-state index contributed by atoms with van der Waals surface area (Å²) in [5.41, 5.74) is 7.91. The third kappa shape index (κ3) is 2.73. The number of hydrogen-bond acceptors (Lipinski definition) is 4. The van der Waals surface area contributed by atoms with E-state index in [1.54, 1.807) is 4.68 Å². The molecule has 0 bridgehead atoms. The van der Waals surface area contributed by atoms with Crippen LogP contribution in [0.2, 0.25) is 0 Å². The number of aromatic nitrogens is 2. The Balaban J connectivity index is 2.65. The molecule has 1 aromatic carbocycles. The number of anilines is 1. The van der Waals surface area contributed by atoms with Crippen LogP contribution in [0.15, 0.2) is 12.1 Å². The van der Waals surface area contributed by atoms with E-state index >= 15 is 0 Å². The second-order valence-corrected chi connectivity index (χ2v) is 5.97. The van der Waals surface area contributed by atoms with E-state index in [4.69, 9.17) is 10.5 Å². The maximum absolute atomic E-state index is 14.1. The van der Waals surface area contributed by atoms with Crippen LogP contribution in [0, 0.1) is 12.7 Å². The monoisotopic (exact) mass is 321 g/mol. The van der Waals surface area contributed by atoms with Crippen LogP contribution in [-0.4, -0.2) is 22.0 Å². The van der Waals surface area contributed by atoms with Crippen molar-refractivity contribution in [3.05, 3.63) is 23.6 Å². The van der Waals surface area contributed by atoms with Gasteiger partial charge in [-0.15, -0.1) is 0 Å². The highest BCUT2D eigenvalue weighted by Gasteiger charge is 2.28. The quantitative estimate of drug-likeness (QED) is 0.878. The van der Waals surface area contributed by atoms with Crippen molar-refractivity contribution >= 4 is 5.82 Å². The number of ether oxygens (including phenoxy) is 1. The second kappa shape index (κ2) is 6.10. The summed E-state index contributed by atoms with van der Waals surface area (Å²) >= 11 is 0. The highest BCUT2D eigenvalue weighted by Crippen LogP contribution is 2.39. The lowest BCUT2D eigenvalue weighted by atomic mass is 9.95. The molecule has 0 saturated carbocycles. The second-order valence-electron chi connectivity index (χ2n) is 5.97. The third-order valence-electron chi connectivity index (χ3n) is 4.65. The van der Waals surface area contributed by atoms with Crippen molar-refractivity contribution in [1.82, 2.24) is 9.78 Å². The van der Waals surface area contributed by atoms with E-state index in [1.807, 2.05) is 6.92 Å². The SMILES string of the molecule is CCC(C)(CC)n1nc(C)c(-c2cc(O)c(OC)c(F)c2)c1N. The number of methoxy groups -OCH3 is 1. The number of phenols is 1. The number of halogens is 1. The van der Waals surface area contributed by atoms with Gasteiger partial charge in [-0.2, -0.15) is 5.10 Å². The fraction of sp³-hybridized carbons (Fsp3) is 0.471. The number of rotatable bonds is 5. The lowest BCUT2D eigenvalue weighted by Crippen LogP contribution is -2.30. The molecular weight excluding hydrogens is 297 g/mol. The zero-order valence-corrected chi connectivity index (χ0v) is 14.3. The van der Waals surface area contributed by atoms with E-state index in [2.05, 4.69) is 25.9 Å². The van der Waals surface area contributed by atoms with Crippen LogP contribution in [-0.2, 0) is 5.54 Å². The maximum atomic E-state index is 14.1. The molecule has 0 unspecified atom stereocenters.